The normalized spacial score (nSPS) is 11.8. The number of hydrogen-bond donors (Lipinski definition) is 4. The molecule has 1 rings (SSSR count). The van der Waals surface area contributed by atoms with E-state index in [1.54, 1.807) is 18.2 Å². The zero-order valence-corrected chi connectivity index (χ0v) is 9.09. The van der Waals surface area contributed by atoms with Crippen LogP contribution in [0.15, 0.2) is 24.3 Å². The zero-order valence-electron chi connectivity index (χ0n) is 9.09. The summed E-state index contributed by atoms with van der Waals surface area (Å²) in [5.41, 5.74) is 5.29. The number of rotatable bonds is 5. The van der Waals surface area contributed by atoms with E-state index in [0.29, 0.717) is 5.56 Å². The second-order valence-corrected chi connectivity index (χ2v) is 3.53. The van der Waals surface area contributed by atoms with Crippen LogP contribution in [0.25, 0.3) is 0 Å². The molecule has 0 saturated heterocycles. The summed E-state index contributed by atoms with van der Waals surface area (Å²) in [5, 5.41) is 20.8. The number of carbonyl (C=O) groups is 2. The van der Waals surface area contributed by atoms with Gasteiger partial charge < -0.3 is 21.3 Å². The van der Waals surface area contributed by atoms with Gasteiger partial charge in [0.15, 0.2) is 0 Å². The Balaban J connectivity index is 2.46. The van der Waals surface area contributed by atoms with Crippen molar-refractivity contribution in [2.45, 2.75) is 12.5 Å². The third-order valence-electron chi connectivity index (χ3n) is 2.16. The van der Waals surface area contributed by atoms with Crippen LogP contribution in [0.2, 0.25) is 0 Å². The number of aliphatic hydroxyl groups is 1. The number of benzene rings is 1. The number of primary amides is 1. The molecule has 0 aliphatic heterocycles. The molecule has 0 bridgehead atoms. The lowest BCUT2D eigenvalue weighted by atomic mass is 10.1. The van der Waals surface area contributed by atoms with Crippen molar-refractivity contribution in [3.8, 4) is 5.75 Å². The fourth-order valence-electron chi connectivity index (χ4n) is 1.21. The third-order valence-corrected chi connectivity index (χ3v) is 2.16. The first-order chi connectivity index (χ1) is 8.00. The second-order valence-electron chi connectivity index (χ2n) is 3.53. The molecular formula is C11H14N2O4. The number of carbonyl (C=O) groups excluding carboxylic acids is 2. The molecule has 1 unspecified atom stereocenters. The minimum absolute atomic E-state index is 0.0260. The van der Waals surface area contributed by atoms with E-state index in [1.165, 1.54) is 6.07 Å². The molecule has 0 aliphatic rings. The van der Waals surface area contributed by atoms with Gasteiger partial charge in [-0.05, 0) is 6.07 Å². The molecular weight excluding hydrogens is 224 g/mol. The van der Waals surface area contributed by atoms with E-state index >= 15 is 0 Å². The molecule has 0 spiro atoms. The zero-order chi connectivity index (χ0) is 12.8. The molecule has 6 nitrogen and oxygen atoms in total. The summed E-state index contributed by atoms with van der Waals surface area (Å²) < 4.78 is 0. The summed E-state index contributed by atoms with van der Waals surface area (Å²) >= 11 is 0. The molecule has 2 amide bonds. The summed E-state index contributed by atoms with van der Waals surface area (Å²) in [4.78, 5) is 21.9. The Morgan fingerprint density at radius 2 is 2.00 bits per heavy atom. The molecule has 0 saturated carbocycles. The smallest absolute Gasteiger partial charge is 0.248 e. The molecule has 0 heterocycles. The Morgan fingerprint density at radius 1 is 1.35 bits per heavy atom. The van der Waals surface area contributed by atoms with Gasteiger partial charge in [-0.2, -0.15) is 0 Å². The van der Waals surface area contributed by atoms with Crippen molar-refractivity contribution in [3.05, 3.63) is 29.8 Å². The predicted octanol–water partition coefficient (Wildman–Crippen LogP) is -1.10. The number of aromatic hydroxyl groups is 1. The van der Waals surface area contributed by atoms with Gasteiger partial charge in [0.25, 0.3) is 0 Å². The van der Waals surface area contributed by atoms with Gasteiger partial charge in [0.2, 0.25) is 11.8 Å². The van der Waals surface area contributed by atoms with Crippen molar-refractivity contribution in [1.29, 1.82) is 0 Å². The molecule has 92 valence electrons. The highest BCUT2D eigenvalue weighted by atomic mass is 16.3. The standard InChI is InChI=1S/C11H14N2O4/c12-11(17)9(15)6-13-10(16)5-7-3-1-2-4-8(7)14/h1-4,9,14-15H,5-6H2,(H2,12,17)(H,13,16). The topological polar surface area (TPSA) is 113 Å². The Kier molecular flexibility index (Phi) is 4.47. The number of amides is 2. The van der Waals surface area contributed by atoms with Crippen LogP contribution in [-0.2, 0) is 16.0 Å². The maximum Gasteiger partial charge on any atom is 0.248 e. The van der Waals surface area contributed by atoms with Crippen molar-refractivity contribution >= 4 is 11.8 Å². The summed E-state index contributed by atoms with van der Waals surface area (Å²) in [6.45, 7) is -0.234. The number of aliphatic hydroxyl groups excluding tert-OH is 1. The summed E-state index contributed by atoms with van der Waals surface area (Å²) in [6, 6.07) is 6.43. The van der Waals surface area contributed by atoms with Gasteiger partial charge in [-0.3, -0.25) is 9.59 Å². The molecule has 5 N–H and O–H groups in total. The summed E-state index contributed by atoms with van der Waals surface area (Å²) in [7, 11) is 0. The summed E-state index contributed by atoms with van der Waals surface area (Å²) in [6.07, 6.45) is -1.43. The monoisotopic (exact) mass is 238 g/mol. The van der Waals surface area contributed by atoms with E-state index < -0.39 is 17.9 Å². The minimum Gasteiger partial charge on any atom is -0.508 e. The van der Waals surface area contributed by atoms with Crippen LogP contribution in [0.3, 0.4) is 0 Å². The first kappa shape index (κ1) is 13.0. The lowest BCUT2D eigenvalue weighted by Gasteiger charge is -2.09. The van der Waals surface area contributed by atoms with Crippen LogP contribution >= 0.6 is 0 Å². The number of hydrogen-bond acceptors (Lipinski definition) is 4. The van der Waals surface area contributed by atoms with Crippen LogP contribution in [-0.4, -0.2) is 34.7 Å². The molecule has 1 aromatic carbocycles. The molecule has 0 aliphatic carbocycles. The average Bonchev–Trinajstić information content (AvgIpc) is 2.29. The van der Waals surface area contributed by atoms with Gasteiger partial charge in [0, 0.05) is 5.56 Å². The van der Waals surface area contributed by atoms with E-state index in [1.807, 2.05) is 0 Å². The van der Waals surface area contributed by atoms with Crippen molar-refractivity contribution in [1.82, 2.24) is 5.32 Å². The third kappa shape index (κ3) is 4.12. The number of nitrogens with two attached hydrogens (primary N) is 1. The molecule has 1 atom stereocenters. The molecule has 0 fully saturated rings. The molecule has 1 aromatic rings. The van der Waals surface area contributed by atoms with Gasteiger partial charge in [-0.15, -0.1) is 0 Å². The Bertz CT molecular complexity index is 420. The van der Waals surface area contributed by atoms with Crippen molar-refractivity contribution in [2.75, 3.05) is 6.54 Å². The van der Waals surface area contributed by atoms with Crippen LogP contribution in [0.5, 0.6) is 5.75 Å². The number of phenolic OH excluding ortho intramolecular Hbond substituents is 1. The van der Waals surface area contributed by atoms with Gasteiger partial charge >= 0.3 is 0 Å². The maximum absolute atomic E-state index is 11.4. The number of nitrogens with one attached hydrogen (secondary N) is 1. The van der Waals surface area contributed by atoms with E-state index in [0.717, 1.165) is 0 Å². The molecule has 0 aromatic heterocycles. The Labute approximate surface area is 98.1 Å². The van der Waals surface area contributed by atoms with E-state index in [9.17, 15) is 14.7 Å². The van der Waals surface area contributed by atoms with E-state index in [-0.39, 0.29) is 18.7 Å². The second kappa shape index (κ2) is 5.86. The van der Waals surface area contributed by atoms with Gasteiger partial charge in [-0.1, -0.05) is 18.2 Å². The van der Waals surface area contributed by atoms with Crippen LogP contribution in [0, 0.1) is 0 Å². The van der Waals surface area contributed by atoms with Crippen molar-refractivity contribution in [3.63, 3.8) is 0 Å². The molecule has 17 heavy (non-hydrogen) atoms. The molecule has 0 radical (unpaired) electrons. The summed E-state index contributed by atoms with van der Waals surface area (Å²) in [5.74, 6) is -1.28. The Hall–Kier alpha value is -2.08. The molecule has 6 heteroatoms. The SMILES string of the molecule is NC(=O)C(O)CNC(=O)Cc1ccccc1O. The minimum atomic E-state index is -1.40. The van der Waals surface area contributed by atoms with E-state index in [4.69, 9.17) is 10.8 Å². The highest BCUT2D eigenvalue weighted by Gasteiger charge is 2.13. The first-order valence-corrected chi connectivity index (χ1v) is 5.01. The predicted molar refractivity (Wildman–Crippen MR) is 60.0 cm³/mol. The quantitative estimate of drug-likeness (QED) is 0.521. The van der Waals surface area contributed by atoms with Gasteiger partial charge in [0.1, 0.15) is 11.9 Å². The maximum atomic E-state index is 11.4. The van der Waals surface area contributed by atoms with Crippen LogP contribution in [0.1, 0.15) is 5.56 Å². The van der Waals surface area contributed by atoms with E-state index in [2.05, 4.69) is 5.32 Å². The van der Waals surface area contributed by atoms with Crippen LogP contribution < -0.4 is 11.1 Å². The van der Waals surface area contributed by atoms with Crippen molar-refractivity contribution < 1.29 is 19.8 Å². The van der Waals surface area contributed by atoms with Gasteiger partial charge in [0.05, 0.1) is 13.0 Å². The lowest BCUT2D eigenvalue weighted by molar-refractivity contribution is -0.126. The van der Waals surface area contributed by atoms with Crippen LogP contribution in [0.4, 0.5) is 0 Å². The highest BCUT2D eigenvalue weighted by Crippen LogP contribution is 2.15. The number of phenols is 1. The first-order valence-electron chi connectivity index (χ1n) is 5.01. The Morgan fingerprint density at radius 3 is 2.59 bits per heavy atom. The largest absolute Gasteiger partial charge is 0.508 e. The average molecular weight is 238 g/mol. The highest BCUT2D eigenvalue weighted by molar-refractivity contribution is 5.82. The van der Waals surface area contributed by atoms with Crippen molar-refractivity contribution in [2.24, 2.45) is 5.73 Å². The number of para-hydroxylation sites is 1. The fourth-order valence-corrected chi connectivity index (χ4v) is 1.21. The lowest BCUT2D eigenvalue weighted by Crippen LogP contribution is -2.40. The fraction of sp³-hybridized carbons (Fsp3) is 0.273. The van der Waals surface area contributed by atoms with Gasteiger partial charge in [-0.25, -0.2) is 0 Å².